The van der Waals surface area contributed by atoms with Crippen molar-refractivity contribution >= 4 is 37.5 Å². The maximum Gasteiger partial charge on any atom is 0.100 e. The quantitative estimate of drug-likeness (QED) is 0.484. The van der Waals surface area contributed by atoms with Crippen molar-refractivity contribution in [2.45, 2.75) is 5.33 Å². The summed E-state index contributed by atoms with van der Waals surface area (Å²) in [4.78, 5) is 0. The predicted molar refractivity (Wildman–Crippen MR) is 83.5 cm³/mol. The van der Waals surface area contributed by atoms with Gasteiger partial charge >= 0.3 is 0 Å². The minimum Gasteiger partial charge on any atom is -0.192 e. The molecule has 3 aromatic rings. The van der Waals surface area contributed by atoms with Crippen LogP contribution < -0.4 is 0 Å². The van der Waals surface area contributed by atoms with Crippen molar-refractivity contribution in [2.24, 2.45) is 0 Å². The minimum absolute atomic E-state index is 0.636. The fraction of sp³-hybridized carbons (Fsp3) is 0.0588. The number of hydrogen-bond acceptors (Lipinski definition) is 2. The Hall–Kier alpha value is -2.36. The molecule has 0 fully saturated rings. The first-order valence-corrected chi connectivity index (χ1v) is 7.26. The lowest BCUT2D eigenvalue weighted by Gasteiger charge is -2.11. The van der Waals surface area contributed by atoms with E-state index in [0.717, 1.165) is 27.1 Å². The molecule has 0 amide bonds. The van der Waals surface area contributed by atoms with Gasteiger partial charge in [-0.2, -0.15) is 10.5 Å². The first-order valence-electron chi connectivity index (χ1n) is 6.14. The standard InChI is InChI=1S/C17H9BrN2/c18-8-11-4-3-7-14-15(9-19)12-5-1-2-6-13(12)16(10-20)17(11)14/h1-7H,8H2. The van der Waals surface area contributed by atoms with E-state index in [1.54, 1.807) is 0 Å². The van der Waals surface area contributed by atoms with Gasteiger partial charge in [-0.05, 0) is 5.56 Å². The van der Waals surface area contributed by atoms with E-state index in [2.05, 4.69) is 28.1 Å². The third-order valence-electron chi connectivity index (χ3n) is 3.50. The summed E-state index contributed by atoms with van der Waals surface area (Å²) in [5.41, 5.74) is 2.31. The zero-order chi connectivity index (χ0) is 14.1. The van der Waals surface area contributed by atoms with Gasteiger partial charge in [-0.25, -0.2) is 0 Å². The molecule has 0 saturated heterocycles. The molecule has 3 rings (SSSR count). The van der Waals surface area contributed by atoms with Crippen molar-refractivity contribution in [1.82, 2.24) is 0 Å². The SMILES string of the molecule is N#Cc1c2ccccc2c(C#N)c2c(CBr)cccc12. The Bertz CT molecular complexity index is 914. The summed E-state index contributed by atoms with van der Waals surface area (Å²) < 4.78 is 0. The number of nitriles is 2. The van der Waals surface area contributed by atoms with Crippen LogP contribution in [0.4, 0.5) is 0 Å². The number of benzene rings is 3. The highest BCUT2D eigenvalue weighted by Crippen LogP contribution is 2.34. The van der Waals surface area contributed by atoms with Crippen LogP contribution in [0, 0.1) is 22.7 Å². The summed E-state index contributed by atoms with van der Waals surface area (Å²) in [5, 5.41) is 23.1. The van der Waals surface area contributed by atoms with Crippen LogP contribution in [0.25, 0.3) is 21.5 Å². The Morgan fingerprint density at radius 1 is 0.800 bits per heavy atom. The summed E-state index contributed by atoms with van der Waals surface area (Å²) in [5.74, 6) is 0. The van der Waals surface area contributed by atoms with Crippen molar-refractivity contribution in [2.75, 3.05) is 0 Å². The molecule has 0 atom stereocenters. The van der Waals surface area contributed by atoms with Gasteiger partial charge in [0.1, 0.15) is 12.1 Å². The molecule has 20 heavy (non-hydrogen) atoms. The predicted octanol–water partition coefficient (Wildman–Crippen LogP) is 4.63. The molecule has 3 heteroatoms. The number of nitrogens with zero attached hydrogens (tertiary/aromatic N) is 2. The summed E-state index contributed by atoms with van der Waals surface area (Å²) in [6.07, 6.45) is 0. The lowest BCUT2D eigenvalue weighted by Crippen LogP contribution is -1.93. The van der Waals surface area contributed by atoms with Crippen LogP contribution in [0.1, 0.15) is 16.7 Å². The zero-order valence-corrected chi connectivity index (χ0v) is 12.1. The topological polar surface area (TPSA) is 47.6 Å². The van der Waals surface area contributed by atoms with Gasteiger partial charge in [0.25, 0.3) is 0 Å². The van der Waals surface area contributed by atoms with Crippen LogP contribution in [0.2, 0.25) is 0 Å². The molecule has 3 aromatic carbocycles. The summed E-state index contributed by atoms with van der Waals surface area (Å²) in [6, 6.07) is 18.0. The fourth-order valence-electron chi connectivity index (χ4n) is 2.65. The number of alkyl halides is 1. The average Bonchev–Trinajstić information content (AvgIpc) is 2.51. The average molecular weight is 321 g/mol. The highest BCUT2D eigenvalue weighted by atomic mass is 79.9. The van der Waals surface area contributed by atoms with Gasteiger partial charge in [0, 0.05) is 26.9 Å². The minimum atomic E-state index is 0.636. The lowest BCUT2D eigenvalue weighted by molar-refractivity contribution is 1.46. The summed E-state index contributed by atoms with van der Waals surface area (Å²) in [7, 11) is 0. The third kappa shape index (κ3) is 1.68. The molecule has 0 radical (unpaired) electrons. The fourth-order valence-corrected chi connectivity index (χ4v) is 3.12. The molecule has 0 heterocycles. The van der Waals surface area contributed by atoms with Crippen molar-refractivity contribution in [3.8, 4) is 12.1 Å². The van der Waals surface area contributed by atoms with Crippen molar-refractivity contribution in [3.05, 3.63) is 59.2 Å². The van der Waals surface area contributed by atoms with E-state index in [1.807, 2.05) is 42.5 Å². The highest BCUT2D eigenvalue weighted by Gasteiger charge is 2.15. The van der Waals surface area contributed by atoms with Crippen LogP contribution in [-0.2, 0) is 5.33 Å². The van der Waals surface area contributed by atoms with E-state index in [1.165, 1.54) is 0 Å². The Morgan fingerprint density at radius 2 is 1.40 bits per heavy atom. The first kappa shape index (κ1) is 12.7. The number of rotatable bonds is 1. The first-order chi connectivity index (χ1) is 9.81. The second kappa shape index (κ2) is 4.96. The van der Waals surface area contributed by atoms with Crippen LogP contribution in [0.15, 0.2) is 42.5 Å². The molecule has 0 unspecified atom stereocenters. The van der Waals surface area contributed by atoms with E-state index in [9.17, 15) is 10.5 Å². The smallest absolute Gasteiger partial charge is 0.100 e. The Morgan fingerprint density at radius 3 is 2.00 bits per heavy atom. The second-order valence-electron chi connectivity index (χ2n) is 4.49. The van der Waals surface area contributed by atoms with Crippen molar-refractivity contribution in [3.63, 3.8) is 0 Å². The van der Waals surface area contributed by atoms with E-state index in [4.69, 9.17) is 0 Å². The molecular formula is C17H9BrN2. The lowest BCUT2D eigenvalue weighted by atomic mass is 9.90. The molecule has 0 N–H and O–H groups in total. The van der Waals surface area contributed by atoms with E-state index in [-0.39, 0.29) is 0 Å². The second-order valence-corrected chi connectivity index (χ2v) is 5.05. The number of fused-ring (bicyclic) bond motifs is 2. The molecule has 0 aromatic heterocycles. The van der Waals surface area contributed by atoms with Gasteiger partial charge in [0.15, 0.2) is 0 Å². The van der Waals surface area contributed by atoms with Crippen LogP contribution >= 0.6 is 15.9 Å². The molecule has 0 spiro atoms. The normalized spacial score (nSPS) is 10.3. The third-order valence-corrected chi connectivity index (χ3v) is 4.11. The molecule has 0 aliphatic heterocycles. The van der Waals surface area contributed by atoms with E-state index in [0.29, 0.717) is 16.5 Å². The number of halogens is 1. The van der Waals surface area contributed by atoms with Crippen LogP contribution in [0.5, 0.6) is 0 Å². The molecule has 2 nitrogen and oxygen atoms in total. The van der Waals surface area contributed by atoms with E-state index >= 15 is 0 Å². The maximum absolute atomic E-state index is 9.57. The maximum atomic E-state index is 9.57. The van der Waals surface area contributed by atoms with Gasteiger partial charge in [0.05, 0.1) is 11.1 Å². The van der Waals surface area contributed by atoms with Crippen LogP contribution in [-0.4, -0.2) is 0 Å². The van der Waals surface area contributed by atoms with Crippen LogP contribution in [0.3, 0.4) is 0 Å². The van der Waals surface area contributed by atoms with Crippen molar-refractivity contribution in [1.29, 1.82) is 10.5 Å². The number of hydrogen-bond donors (Lipinski definition) is 0. The molecule has 0 saturated carbocycles. The van der Waals surface area contributed by atoms with Gasteiger partial charge in [-0.15, -0.1) is 0 Å². The van der Waals surface area contributed by atoms with Crippen molar-refractivity contribution < 1.29 is 0 Å². The highest BCUT2D eigenvalue weighted by molar-refractivity contribution is 9.08. The molecule has 0 bridgehead atoms. The Kier molecular flexibility index (Phi) is 3.14. The largest absolute Gasteiger partial charge is 0.192 e. The summed E-state index contributed by atoms with van der Waals surface area (Å²) >= 11 is 3.46. The molecule has 0 aliphatic rings. The Labute approximate surface area is 125 Å². The van der Waals surface area contributed by atoms with Gasteiger partial charge in [-0.1, -0.05) is 58.4 Å². The van der Waals surface area contributed by atoms with Gasteiger partial charge < -0.3 is 0 Å². The van der Waals surface area contributed by atoms with Gasteiger partial charge in [-0.3, -0.25) is 0 Å². The zero-order valence-electron chi connectivity index (χ0n) is 10.5. The summed E-state index contributed by atoms with van der Waals surface area (Å²) in [6.45, 7) is 0. The molecular weight excluding hydrogens is 312 g/mol. The molecule has 94 valence electrons. The Balaban J connectivity index is 2.72. The monoisotopic (exact) mass is 320 g/mol. The van der Waals surface area contributed by atoms with Gasteiger partial charge in [0.2, 0.25) is 0 Å². The molecule has 0 aliphatic carbocycles. The van der Waals surface area contributed by atoms with E-state index < -0.39 is 0 Å².